The summed E-state index contributed by atoms with van der Waals surface area (Å²) in [5, 5.41) is 20.7. The second-order valence-corrected chi connectivity index (χ2v) is 12.8. The minimum Gasteiger partial charge on any atom is -0.493 e. The van der Waals surface area contributed by atoms with Crippen molar-refractivity contribution in [1.29, 1.82) is 10.5 Å². The molecule has 2 N–H and O–H groups in total. The van der Waals surface area contributed by atoms with E-state index in [1.165, 1.54) is 18.8 Å². The standard InChI is InChI=1S/C36H36N6O9S/c1-46-28-15-22(3-5-26(28)50-20-31(43)40-7-11-48-12-8-40)16-30-35(45)42-34(39)24(18-37)33(25(19-38)36(42)52-30)23-4-6-27(29(17-23)47-2)51-21-32(44)41-9-13-49-14-10-41/h3-6,15-17,33H,7-14,20-21,39H2,1-2H3. The third kappa shape index (κ3) is 7.31. The average Bonchev–Trinajstić information content (AvgIpc) is 3.51. The zero-order valence-electron chi connectivity index (χ0n) is 28.6. The number of nitrogens with two attached hydrogens (primary N) is 1. The maximum absolute atomic E-state index is 13.7. The number of hydrogen-bond donors (Lipinski definition) is 1. The van der Waals surface area contributed by atoms with E-state index in [2.05, 4.69) is 12.1 Å². The van der Waals surface area contributed by atoms with Crippen molar-refractivity contribution < 1.29 is 38.0 Å². The Bertz CT molecular complexity index is 2170. The van der Waals surface area contributed by atoms with Crippen LogP contribution in [0.15, 0.2) is 46.8 Å². The maximum atomic E-state index is 13.7. The summed E-state index contributed by atoms with van der Waals surface area (Å²) in [6, 6.07) is 14.2. The number of aromatic nitrogens is 1. The summed E-state index contributed by atoms with van der Waals surface area (Å²) in [5.41, 5.74) is 7.25. The molecule has 1 atom stereocenters. The number of benzene rings is 2. The molecule has 0 radical (unpaired) electrons. The van der Waals surface area contributed by atoms with Crippen LogP contribution in [-0.2, 0) is 19.1 Å². The molecule has 2 saturated heterocycles. The van der Waals surface area contributed by atoms with Crippen molar-refractivity contribution >= 4 is 40.6 Å². The molecule has 15 nitrogen and oxygen atoms in total. The first-order valence-corrected chi connectivity index (χ1v) is 17.2. The van der Waals surface area contributed by atoms with Crippen LogP contribution in [0, 0.1) is 22.7 Å². The molecule has 4 heterocycles. The van der Waals surface area contributed by atoms with Gasteiger partial charge in [0.05, 0.1) is 74.4 Å². The molecule has 52 heavy (non-hydrogen) atoms. The first kappa shape index (κ1) is 36.0. The van der Waals surface area contributed by atoms with Crippen molar-refractivity contribution in [2.45, 2.75) is 5.92 Å². The van der Waals surface area contributed by atoms with E-state index in [4.69, 9.17) is 34.2 Å². The third-order valence-electron chi connectivity index (χ3n) is 8.83. The number of rotatable bonds is 10. The molecular formula is C36H36N6O9S. The molecule has 0 spiro atoms. The molecule has 3 aliphatic rings. The molecule has 0 aliphatic carbocycles. The fraction of sp³-hybridized carbons (Fsp3) is 0.361. The van der Waals surface area contributed by atoms with Crippen LogP contribution in [0.25, 0.3) is 17.5 Å². The van der Waals surface area contributed by atoms with E-state index in [1.807, 2.05) is 0 Å². The van der Waals surface area contributed by atoms with Crippen molar-refractivity contribution in [2.75, 3.05) is 80.0 Å². The molecule has 16 heteroatoms. The molecule has 270 valence electrons. The van der Waals surface area contributed by atoms with Crippen LogP contribution in [-0.4, -0.2) is 106 Å². The topological polar surface area (TPSA) is 192 Å². The lowest BCUT2D eigenvalue weighted by molar-refractivity contribution is -0.138. The lowest BCUT2D eigenvalue weighted by Crippen LogP contribution is -2.43. The highest BCUT2D eigenvalue weighted by Crippen LogP contribution is 2.39. The highest BCUT2D eigenvalue weighted by molar-refractivity contribution is 7.07. The van der Waals surface area contributed by atoms with Crippen LogP contribution in [0.3, 0.4) is 0 Å². The fourth-order valence-electron chi connectivity index (χ4n) is 6.10. The lowest BCUT2D eigenvalue weighted by atomic mass is 9.84. The molecule has 2 amide bonds. The summed E-state index contributed by atoms with van der Waals surface area (Å²) >= 11 is 1.06. The lowest BCUT2D eigenvalue weighted by Gasteiger charge is -2.27. The molecule has 0 saturated carbocycles. The second-order valence-electron chi connectivity index (χ2n) is 11.8. The van der Waals surface area contributed by atoms with Gasteiger partial charge in [-0.05, 0) is 41.5 Å². The molecule has 1 aromatic heterocycles. The number of ether oxygens (including phenoxy) is 6. The number of carbonyl (C=O) groups is 2. The monoisotopic (exact) mass is 728 g/mol. The first-order valence-electron chi connectivity index (χ1n) is 16.4. The van der Waals surface area contributed by atoms with Crippen LogP contribution in [0.2, 0.25) is 0 Å². The Hall–Kier alpha value is -5.81. The van der Waals surface area contributed by atoms with Gasteiger partial charge in [-0.25, -0.2) is 0 Å². The Labute approximate surface area is 302 Å². The van der Waals surface area contributed by atoms with Crippen LogP contribution in [0.5, 0.6) is 23.0 Å². The van der Waals surface area contributed by atoms with Gasteiger partial charge in [0.15, 0.2) is 36.2 Å². The fourth-order valence-corrected chi connectivity index (χ4v) is 7.23. The van der Waals surface area contributed by atoms with Gasteiger partial charge >= 0.3 is 0 Å². The van der Waals surface area contributed by atoms with E-state index in [9.17, 15) is 24.9 Å². The van der Waals surface area contributed by atoms with E-state index in [0.717, 1.165) is 11.3 Å². The van der Waals surface area contributed by atoms with Gasteiger partial charge in [0.2, 0.25) is 0 Å². The van der Waals surface area contributed by atoms with Gasteiger partial charge in [0.1, 0.15) is 10.5 Å². The molecule has 0 bridgehead atoms. The van der Waals surface area contributed by atoms with Crippen LogP contribution in [0.1, 0.15) is 17.0 Å². The van der Waals surface area contributed by atoms with E-state index in [1.54, 1.807) is 52.3 Å². The second kappa shape index (κ2) is 16.0. The van der Waals surface area contributed by atoms with Crippen molar-refractivity contribution in [2.24, 2.45) is 5.73 Å². The molecule has 2 aromatic carbocycles. The zero-order valence-corrected chi connectivity index (χ0v) is 29.4. The summed E-state index contributed by atoms with van der Waals surface area (Å²) in [5.74, 6) is -0.0541. The number of thiazole rings is 1. The summed E-state index contributed by atoms with van der Waals surface area (Å²) in [4.78, 5) is 42.3. The minimum atomic E-state index is -0.907. The number of methoxy groups -OCH3 is 2. The van der Waals surface area contributed by atoms with Gasteiger partial charge in [0, 0.05) is 26.2 Å². The predicted octanol–water partition coefficient (Wildman–Crippen LogP) is 0.354. The van der Waals surface area contributed by atoms with Gasteiger partial charge in [0.25, 0.3) is 17.4 Å². The Morgan fingerprint density at radius 2 is 1.38 bits per heavy atom. The Morgan fingerprint density at radius 1 is 0.846 bits per heavy atom. The first-order chi connectivity index (χ1) is 25.3. The zero-order chi connectivity index (χ0) is 36.8. The van der Waals surface area contributed by atoms with Crippen molar-refractivity contribution in [1.82, 2.24) is 14.4 Å². The number of allylic oxidation sites excluding steroid dienone is 1. The number of carbonyl (C=O) groups excluding carboxylic acids is 2. The predicted molar refractivity (Wildman–Crippen MR) is 188 cm³/mol. The van der Waals surface area contributed by atoms with Crippen molar-refractivity contribution in [3.8, 4) is 35.1 Å². The van der Waals surface area contributed by atoms with Gasteiger partial charge in [-0.3, -0.25) is 19.0 Å². The average molecular weight is 729 g/mol. The molecule has 1 unspecified atom stereocenters. The quantitative estimate of drug-likeness (QED) is 0.302. The van der Waals surface area contributed by atoms with E-state index >= 15 is 0 Å². The van der Waals surface area contributed by atoms with Crippen LogP contribution < -0.4 is 39.4 Å². The van der Waals surface area contributed by atoms with Gasteiger partial charge < -0.3 is 44.0 Å². The molecule has 3 aromatic rings. The third-order valence-corrected chi connectivity index (χ3v) is 9.93. The summed E-state index contributed by atoms with van der Waals surface area (Å²) in [6.07, 6.45) is 1.63. The van der Waals surface area contributed by atoms with Crippen LogP contribution >= 0.6 is 11.3 Å². The van der Waals surface area contributed by atoms with Crippen molar-refractivity contribution in [3.05, 3.63) is 72.6 Å². The molecule has 2 fully saturated rings. The molecule has 3 aliphatic heterocycles. The molecule has 6 rings (SSSR count). The number of morpholine rings is 2. The molecular weight excluding hydrogens is 692 g/mol. The van der Waals surface area contributed by atoms with Crippen LogP contribution in [0.4, 0.5) is 0 Å². The summed E-state index contributed by atoms with van der Waals surface area (Å²) in [7, 11) is 2.91. The van der Waals surface area contributed by atoms with Gasteiger partial charge in [-0.15, -0.1) is 11.3 Å². The highest BCUT2D eigenvalue weighted by atomic mass is 32.1. The van der Waals surface area contributed by atoms with Crippen molar-refractivity contribution in [3.63, 3.8) is 0 Å². The summed E-state index contributed by atoms with van der Waals surface area (Å²) in [6.45, 7) is 3.50. The Balaban J connectivity index is 1.30. The number of hydrogen-bond acceptors (Lipinski definition) is 13. The minimum absolute atomic E-state index is 0.0171. The number of nitriles is 2. The Kier molecular flexibility index (Phi) is 11.1. The van der Waals surface area contributed by atoms with E-state index in [-0.39, 0.29) is 56.9 Å². The Morgan fingerprint density at radius 3 is 1.92 bits per heavy atom. The largest absolute Gasteiger partial charge is 0.493 e. The maximum Gasteiger partial charge on any atom is 0.274 e. The van der Waals surface area contributed by atoms with Gasteiger partial charge in [-0.1, -0.05) is 12.1 Å². The summed E-state index contributed by atoms with van der Waals surface area (Å²) < 4.78 is 35.0. The van der Waals surface area contributed by atoms with E-state index < -0.39 is 11.5 Å². The normalized spacial score (nSPS) is 17.6. The number of fused-ring (bicyclic) bond motifs is 1. The number of amides is 2. The van der Waals surface area contributed by atoms with E-state index in [0.29, 0.717) is 81.0 Å². The van der Waals surface area contributed by atoms with Gasteiger partial charge in [-0.2, -0.15) is 10.5 Å². The number of nitrogens with zero attached hydrogens (tertiary/aromatic N) is 5. The smallest absolute Gasteiger partial charge is 0.274 e. The highest BCUT2D eigenvalue weighted by Gasteiger charge is 2.33. The SMILES string of the molecule is COc1cc(C=c2sc3n(c2=O)C(N)=C(C#N)C(c2ccc(OCC(=O)N4CCOCC4)c(OC)c2)C=3C#N)ccc1OCC(=O)N1CCOCC1.